The second-order valence-electron chi connectivity index (χ2n) is 6.07. The van der Waals surface area contributed by atoms with Crippen LogP contribution < -0.4 is 0 Å². The summed E-state index contributed by atoms with van der Waals surface area (Å²) in [5.41, 5.74) is 0.238. The number of unbranched alkanes of at least 4 members (excludes halogenated alkanes) is 1. The van der Waals surface area contributed by atoms with Crippen molar-refractivity contribution in [1.29, 1.82) is 0 Å². The Kier molecular flexibility index (Phi) is 7.55. The molecule has 0 fully saturated rings. The largest absolute Gasteiger partial charge is 0.375 e. The van der Waals surface area contributed by atoms with Gasteiger partial charge in [0, 0.05) is 6.61 Å². The van der Waals surface area contributed by atoms with E-state index in [1.54, 1.807) is 0 Å². The third kappa shape index (κ3) is 5.99. The molecule has 17 heavy (non-hydrogen) atoms. The Bertz CT molecular complexity index is 202. The summed E-state index contributed by atoms with van der Waals surface area (Å²) in [4.78, 5) is 0. The molecule has 0 bridgehead atoms. The minimum atomic E-state index is -0.108. The van der Waals surface area contributed by atoms with Crippen molar-refractivity contribution in [2.45, 2.75) is 78.4 Å². The molecular formula is C14H29B2O. The van der Waals surface area contributed by atoms with Crippen LogP contribution in [0, 0.1) is 5.41 Å². The van der Waals surface area contributed by atoms with E-state index in [0.717, 1.165) is 19.3 Å². The predicted octanol–water partition coefficient (Wildman–Crippen LogP) is 4.05. The van der Waals surface area contributed by atoms with Crippen molar-refractivity contribution in [3.05, 3.63) is 0 Å². The summed E-state index contributed by atoms with van der Waals surface area (Å²) in [7, 11) is 8.35. The second kappa shape index (κ2) is 7.51. The van der Waals surface area contributed by atoms with Crippen molar-refractivity contribution in [3.63, 3.8) is 0 Å². The molecule has 3 heteroatoms. The molecule has 0 saturated heterocycles. The van der Waals surface area contributed by atoms with Gasteiger partial charge in [0.25, 0.3) is 0 Å². The van der Waals surface area contributed by atoms with E-state index in [2.05, 4.69) is 48.8 Å². The van der Waals surface area contributed by atoms with Gasteiger partial charge >= 0.3 is 0 Å². The third-order valence-electron chi connectivity index (χ3n) is 3.96. The molecule has 97 valence electrons. The summed E-state index contributed by atoms with van der Waals surface area (Å²) in [5, 5.41) is 0. The average molecular weight is 235 g/mol. The molecule has 1 unspecified atom stereocenters. The lowest BCUT2D eigenvalue weighted by Gasteiger charge is -2.42. The van der Waals surface area contributed by atoms with Gasteiger partial charge in [0.15, 0.2) is 0 Å². The molecule has 0 aromatic carbocycles. The van der Waals surface area contributed by atoms with E-state index in [0.29, 0.717) is 0 Å². The Morgan fingerprint density at radius 3 is 2.24 bits per heavy atom. The first-order valence-electron chi connectivity index (χ1n) is 6.99. The molecule has 1 nitrogen and oxygen atoms in total. The Labute approximate surface area is 111 Å². The first-order valence-corrected chi connectivity index (χ1v) is 6.99. The Morgan fingerprint density at radius 1 is 1.18 bits per heavy atom. The van der Waals surface area contributed by atoms with Gasteiger partial charge in [-0.25, -0.2) is 0 Å². The normalized spacial score (nSPS) is 14.7. The number of hydrogen-bond acceptors (Lipinski definition) is 1. The molecule has 0 aromatic rings. The summed E-state index contributed by atoms with van der Waals surface area (Å²) in [6.07, 6.45) is 4.54. The van der Waals surface area contributed by atoms with Crippen LogP contribution in [0.15, 0.2) is 0 Å². The van der Waals surface area contributed by atoms with Crippen molar-refractivity contribution in [3.8, 4) is 0 Å². The van der Waals surface area contributed by atoms with Crippen molar-refractivity contribution < 1.29 is 4.74 Å². The molecule has 0 amide bonds. The first-order chi connectivity index (χ1) is 7.77. The van der Waals surface area contributed by atoms with Gasteiger partial charge in [-0.05, 0) is 26.2 Å². The van der Waals surface area contributed by atoms with Gasteiger partial charge in [-0.2, -0.15) is 0 Å². The first kappa shape index (κ1) is 17.1. The van der Waals surface area contributed by atoms with Crippen LogP contribution in [0.5, 0.6) is 0 Å². The molecule has 1 atom stereocenters. The Hall–Kier alpha value is 0.0899. The van der Waals surface area contributed by atoms with Gasteiger partial charge in [-0.15, -0.1) is 5.72 Å². The molecule has 0 rings (SSSR count). The van der Waals surface area contributed by atoms with E-state index < -0.39 is 0 Å². The lowest BCUT2D eigenvalue weighted by atomic mass is 9.46. The Morgan fingerprint density at radius 2 is 1.76 bits per heavy atom. The van der Waals surface area contributed by atoms with Gasteiger partial charge in [-0.1, -0.05) is 46.4 Å². The minimum Gasteiger partial charge on any atom is -0.375 e. The summed E-state index contributed by atoms with van der Waals surface area (Å²) >= 11 is 0. The zero-order valence-electron chi connectivity index (χ0n) is 12.7. The summed E-state index contributed by atoms with van der Waals surface area (Å²) in [5.74, 6) is 0. The maximum Gasteiger partial charge on any atom is 0.104 e. The van der Waals surface area contributed by atoms with Crippen LogP contribution in [0.3, 0.4) is 0 Å². The number of rotatable bonds is 9. The van der Waals surface area contributed by atoms with E-state index in [1.165, 1.54) is 12.8 Å². The average Bonchev–Trinajstić information content (AvgIpc) is 2.23. The van der Waals surface area contributed by atoms with Gasteiger partial charge in [0.1, 0.15) is 7.28 Å². The molecular weight excluding hydrogens is 206 g/mol. The van der Waals surface area contributed by atoms with Crippen LogP contribution in [0.1, 0.15) is 60.8 Å². The summed E-state index contributed by atoms with van der Waals surface area (Å²) in [6, 6.07) is 0. The van der Waals surface area contributed by atoms with Gasteiger partial charge in [0.2, 0.25) is 0 Å². The van der Waals surface area contributed by atoms with Crippen LogP contribution in [0.4, 0.5) is 0 Å². The molecule has 0 N–H and O–H groups in total. The maximum atomic E-state index is 6.09. The van der Waals surface area contributed by atoms with Gasteiger partial charge in [0.05, 0.1) is 13.4 Å². The zero-order chi connectivity index (χ0) is 13.5. The van der Waals surface area contributed by atoms with E-state index in [1.807, 2.05) is 0 Å². The highest BCUT2D eigenvalue weighted by Gasteiger charge is 2.37. The summed E-state index contributed by atoms with van der Waals surface area (Å²) in [6.45, 7) is 13.9. The topological polar surface area (TPSA) is 9.23 Å². The van der Waals surface area contributed by atoms with Crippen molar-refractivity contribution in [2.24, 2.45) is 5.41 Å². The van der Waals surface area contributed by atoms with Crippen LogP contribution >= 0.6 is 0 Å². The number of hydrogen-bond donors (Lipinski definition) is 0. The maximum absolute atomic E-state index is 6.09. The van der Waals surface area contributed by atoms with Gasteiger partial charge in [-0.3, -0.25) is 0 Å². The standard InChI is InChI=1S/C14H29B2O/c1-7-9-10-12(15)16-11-13(3,4)14(5,6)17-8-2/h12H,7-11H2,1-6H3. The molecule has 0 spiro atoms. The molecule has 0 heterocycles. The zero-order valence-corrected chi connectivity index (χ0v) is 12.7. The van der Waals surface area contributed by atoms with E-state index >= 15 is 0 Å². The highest BCUT2D eigenvalue weighted by molar-refractivity contribution is 6.50. The lowest BCUT2D eigenvalue weighted by molar-refractivity contribution is -0.0849. The van der Waals surface area contributed by atoms with Crippen LogP contribution in [-0.2, 0) is 4.74 Å². The lowest BCUT2D eigenvalue weighted by Crippen LogP contribution is -2.42. The van der Waals surface area contributed by atoms with E-state index in [-0.39, 0.29) is 16.7 Å². The van der Waals surface area contributed by atoms with Crippen LogP contribution in [0.2, 0.25) is 12.0 Å². The fraction of sp³-hybridized carbons (Fsp3) is 1.00. The molecule has 0 aliphatic carbocycles. The SMILES string of the molecule is [B]C([B]CC(C)(C)C(C)(C)OCC)CCCC. The van der Waals surface area contributed by atoms with Crippen LogP contribution in [0.25, 0.3) is 0 Å². The van der Waals surface area contributed by atoms with Crippen molar-refractivity contribution in [2.75, 3.05) is 6.61 Å². The summed E-state index contributed by atoms with van der Waals surface area (Å²) < 4.78 is 5.85. The molecule has 0 aliphatic rings. The van der Waals surface area contributed by atoms with E-state index in [4.69, 9.17) is 12.6 Å². The molecule has 0 aromatic heterocycles. The van der Waals surface area contributed by atoms with Crippen molar-refractivity contribution in [1.82, 2.24) is 0 Å². The second-order valence-corrected chi connectivity index (χ2v) is 6.07. The van der Waals surface area contributed by atoms with E-state index in [9.17, 15) is 0 Å². The molecule has 0 saturated carbocycles. The fourth-order valence-corrected chi connectivity index (χ4v) is 1.81. The van der Waals surface area contributed by atoms with Crippen molar-refractivity contribution >= 4 is 15.1 Å². The van der Waals surface area contributed by atoms with Crippen LogP contribution in [-0.4, -0.2) is 27.3 Å². The third-order valence-corrected chi connectivity index (χ3v) is 3.96. The number of ether oxygens (including phenoxy) is 1. The highest BCUT2D eigenvalue weighted by Crippen LogP contribution is 2.38. The fourth-order valence-electron chi connectivity index (χ4n) is 1.81. The molecule has 0 aliphatic heterocycles. The smallest absolute Gasteiger partial charge is 0.104 e. The highest BCUT2D eigenvalue weighted by atomic mass is 16.5. The minimum absolute atomic E-state index is 0.108. The monoisotopic (exact) mass is 235 g/mol. The quantitative estimate of drug-likeness (QED) is 0.547. The van der Waals surface area contributed by atoms with Gasteiger partial charge < -0.3 is 4.74 Å². The molecule has 3 radical (unpaired) electrons. The predicted molar refractivity (Wildman–Crippen MR) is 79.1 cm³/mol. The Balaban J connectivity index is 4.16.